The van der Waals surface area contributed by atoms with Crippen LogP contribution in [0.2, 0.25) is 0 Å². The second-order valence-electron chi connectivity index (χ2n) is 4.97. The first kappa shape index (κ1) is 13.9. The fourth-order valence-corrected chi connectivity index (χ4v) is 2.19. The summed E-state index contributed by atoms with van der Waals surface area (Å²) in [4.78, 5) is 2.58. The Hall–Kier alpha value is -0.120. The summed E-state index contributed by atoms with van der Waals surface area (Å²) in [6, 6.07) is 0.255. The first-order valence-corrected chi connectivity index (χ1v) is 6.83. The number of hydrogen-bond acceptors (Lipinski definition) is 3. The van der Waals surface area contributed by atoms with Crippen molar-refractivity contribution < 1.29 is 4.74 Å². The van der Waals surface area contributed by atoms with Crippen molar-refractivity contribution in [2.75, 3.05) is 32.8 Å². The molecule has 96 valence electrons. The van der Waals surface area contributed by atoms with E-state index in [1.54, 1.807) is 0 Å². The van der Waals surface area contributed by atoms with Crippen LogP contribution in [-0.2, 0) is 4.74 Å². The lowest BCUT2D eigenvalue weighted by molar-refractivity contribution is 0.165. The highest BCUT2D eigenvalue weighted by Gasteiger charge is 2.26. The molecule has 0 spiro atoms. The van der Waals surface area contributed by atoms with E-state index in [1.807, 2.05) is 0 Å². The minimum absolute atomic E-state index is 0.255. The van der Waals surface area contributed by atoms with Crippen LogP contribution >= 0.6 is 0 Å². The van der Waals surface area contributed by atoms with Gasteiger partial charge in [-0.2, -0.15) is 0 Å². The summed E-state index contributed by atoms with van der Waals surface area (Å²) in [6.07, 6.45) is 5.14. The van der Waals surface area contributed by atoms with Gasteiger partial charge in [0.25, 0.3) is 0 Å². The van der Waals surface area contributed by atoms with E-state index >= 15 is 0 Å². The lowest BCUT2D eigenvalue weighted by atomic mass is 10.0. The van der Waals surface area contributed by atoms with Gasteiger partial charge in [0, 0.05) is 18.5 Å². The first-order valence-electron chi connectivity index (χ1n) is 6.83. The molecule has 1 aliphatic rings. The molecule has 1 fully saturated rings. The number of nitrogens with two attached hydrogens (primary N) is 1. The highest BCUT2D eigenvalue weighted by atomic mass is 16.5. The molecule has 0 aromatic carbocycles. The third kappa shape index (κ3) is 4.81. The standard InChI is InChI=1S/C13H28N2O/c1-3-5-7-15(8-6-4-2)9-12-10-16-11-13(12)14/h12-13H,3-11,14H2,1-2H3. The molecule has 0 aliphatic carbocycles. The van der Waals surface area contributed by atoms with Crippen molar-refractivity contribution in [3.63, 3.8) is 0 Å². The number of hydrogen-bond donors (Lipinski definition) is 1. The van der Waals surface area contributed by atoms with Crippen molar-refractivity contribution in [2.45, 2.75) is 45.6 Å². The van der Waals surface area contributed by atoms with Gasteiger partial charge in [0.05, 0.1) is 13.2 Å². The van der Waals surface area contributed by atoms with Gasteiger partial charge in [-0.05, 0) is 25.9 Å². The fourth-order valence-electron chi connectivity index (χ4n) is 2.19. The highest BCUT2D eigenvalue weighted by Crippen LogP contribution is 2.14. The molecule has 0 aromatic heterocycles. The zero-order valence-corrected chi connectivity index (χ0v) is 11.0. The van der Waals surface area contributed by atoms with Crippen LogP contribution in [-0.4, -0.2) is 43.8 Å². The van der Waals surface area contributed by atoms with Gasteiger partial charge in [-0.25, -0.2) is 0 Å². The minimum Gasteiger partial charge on any atom is -0.379 e. The number of rotatable bonds is 8. The quantitative estimate of drug-likeness (QED) is 0.689. The number of unbranched alkanes of at least 4 members (excludes halogenated alkanes) is 2. The van der Waals surface area contributed by atoms with Gasteiger partial charge < -0.3 is 15.4 Å². The molecular formula is C13H28N2O. The molecule has 1 aliphatic heterocycles. The zero-order chi connectivity index (χ0) is 11.8. The average molecular weight is 228 g/mol. The van der Waals surface area contributed by atoms with E-state index in [0.29, 0.717) is 5.92 Å². The second kappa shape index (κ2) is 8.04. The summed E-state index contributed by atoms with van der Waals surface area (Å²) in [7, 11) is 0. The van der Waals surface area contributed by atoms with E-state index in [0.717, 1.165) is 19.8 Å². The van der Waals surface area contributed by atoms with E-state index < -0.39 is 0 Å². The molecule has 3 heteroatoms. The van der Waals surface area contributed by atoms with Gasteiger partial charge in [-0.15, -0.1) is 0 Å². The van der Waals surface area contributed by atoms with E-state index in [9.17, 15) is 0 Å². The molecule has 2 atom stereocenters. The molecule has 3 nitrogen and oxygen atoms in total. The van der Waals surface area contributed by atoms with E-state index in [4.69, 9.17) is 10.5 Å². The molecule has 0 bridgehead atoms. The van der Waals surface area contributed by atoms with Crippen LogP contribution in [0.15, 0.2) is 0 Å². The molecule has 2 N–H and O–H groups in total. The van der Waals surface area contributed by atoms with Gasteiger partial charge in [0.2, 0.25) is 0 Å². The molecule has 16 heavy (non-hydrogen) atoms. The Labute approximate surface area is 100 Å². The molecule has 0 amide bonds. The lowest BCUT2D eigenvalue weighted by Gasteiger charge is -2.26. The van der Waals surface area contributed by atoms with Crippen molar-refractivity contribution >= 4 is 0 Å². The molecule has 1 rings (SSSR count). The maximum Gasteiger partial charge on any atom is 0.0621 e. The Balaban J connectivity index is 2.29. The van der Waals surface area contributed by atoms with Crippen LogP contribution in [0, 0.1) is 5.92 Å². The summed E-state index contributed by atoms with van der Waals surface area (Å²) in [5, 5.41) is 0. The molecule has 0 saturated carbocycles. The van der Waals surface area contributed by atoms with Crippen LogP contribution in [0.3, 0.4) is 0 Å². The number of ether oxygens (including phenoxy) is 1. The predicted octanol–water partition coefficient (Wildman–Crippen LogP) is 1.86. The topological polar surface area (TPSA) is 38.5 Å². The summed E-state index contributed by atoms with van der Waals surface area (Å²) < 4.78 is 5.43. The maximum atomic E-state index is 6.03. The van der Waals surface area contributed by atoms with Gasteiger partial charge >= 0.3 is 0 Å². The van der Waals surface area contributed by atoms with Crippen LogP contribution < -0.4 is 5.73 Å². The van der Waals surface area contributed by atoms with E-state index in [2.05, 4.69) is 18.7 Å². The largest absolute Gasteiger partial charge is 0.379 e. The lowest BCUT2D eigenvalue weighted by Crippen LogP contribution is -2.39. The van der Waals surface area contributed by atoms with Crippen LogP contribution in [0.4, 0.5) is 0 Å². The summed E-state index contributed by atoms with van der Waals surface area (Å²) >= 11 is 0. The van der Waals surface area contributed by atoms with Crippen molar-refractivity contribution in [3.05, 3.63) is 0 Å². The summed E-state index contributed by atoms with van der Waals surface area (Å²) in [6.45, 7) is 9.68. The molecule has 0 aromatic rings. The molecule has 2 unspecified atom stereocenters. The monoisotopic (exact) mass is 228 g/mol. The Bertz CT molecular complexity index is 167. The predicted molar refractivity (Wildman–Crippen MR) is 68.5 cm³/mol. The van der Waals surface area contributed by atoms with E-state index in [1.165, 1.54) is 38.8 Å². The molecule has 1 heterocycles. The Morgan fingerprint density at radius 2 is 1.75 bits per heavy atom. The Kier molecular flexibility index (Phi) is 7.01. The molecule has 1 saturated heterocycles. The third-order valence-electron chi connectivity index (χ3n) is 3.40. The third-order valence-corrected chi connectivity index (χ3v) is 3.40. The van der Waals surface area contributed by atoms with E-state index in [-0.39, 0.29) is 6.04 Å². The summed E-state index contributed by atoms with van der Waals surface area (Å²) in [5.74, 6) is 0.550. The molecule has 0 radical (unpaired) electrons. The summed E-state index contributed by atoms with van der Waals surface area (Å²) in [5.41, 5.74) is 6.03. The fraction of sp³-hybridized carbons (Fsp3) is 1.00. The highest BCUT2D eigenvalue weighted by molar-refractivity contribution is 4.80. The normalized spacial score (nSPS) is 25.5. The minimum atomic E-state index is 0.255. The SMILES string of the molecule is CCCCN(CCCC)CC1COCC1N. The smallest absolute Gasteiger partial charge is 0.0621 e. The number of nitrogens with zero attached hydrogens (tertiary/aromatic N) is 1. The van der Waals surface area contributed by atoms with Gasteiger partial charge in [0.15, 0.2) is 0 Å². The zero-order valence-electron chi connectivity index (χ0n) is 11.0. The Morgan fingerprint density at radius 3 is 2.19 bits per heavy atom. The van der Waals surface area contributed by atoms with Crippen molar-refractivity contribution in [1.29, 1.82) is 0 Å². The van der Waals surface area contributed by atoms with Crippen LogP contribution in [0.25, 0.3) is 0 Å². The van der Waals surface area contributed by atoms with Gasteiger partial charge in [0.1, 0.15) is 0 Å². The maximum absolute atomic E-state index is 6.03. The van der Waals surface area contributed by atoms with Gasteiger partial charge in [-0.1, -0.05) is 26.7 Å². The molecular weight excluding hydrogens is 200 g/mol. The van der Waals surface area contributed by atoms with Crippen molar-refractivity contribution in [1.82, 2.24) is 4.90 Å². The average Bonchev–Trinajstić information content (AvgIpc) is 2.68. The Morgan fingerprint density at radius 1 is 1.12 bits per heavy atom. The first-order chi connectivity index (χ1) is 7.77. The van der Waals surface area contributed by atoms with Crippen LogP contribution in [0.1, 0.15) is 39.5 Å². The second-order valence-corrected chi connectivity index (χ2v) is 4.97. The van der Waals surface area contributed by atoms with Crippen molar-refractivity contribution in [2.24, 2.45) is 11.7 Å². The van der Waals surface area contributed by atoms with Crippen molar-refractivity contribution in [3.8, 4) is 0 Å². The van der Waals surface area contributed by atoms with Crippen LogP contribution in [0.5, 0.6) is 0 Å². The van der Waals surface area contributed by atoms with Gasteiger partial charge in [-0.3, -0.25) is 0 Å².